The maximum Gasteiger partial charge on any atom is 0.226 e. The van der Waals surface area contributed by atoms with Crippen molar-refractivity contribution < 1.29 is 13.9 Å². The number of carbonyl (C=O) groups is 1. The summed E-state index contributed by atoms with van der Waals surface area (Å²) in [6.07, 6.45) is 9.06. The van der Waals surface area contributed by atoms with Gasteiger partial charge in [-0.2, -0.15) is 0 Å². The molecule has 1 saturated carbocycles. The van der Waals surface area contributed by atoms with E-state index in [1.807, 2.05) is 17.2 Å². The van der Waals surface area contributed by atoms with Crippen molar-refractivity contribution in [1.29, 1.82) is 0 Å². The number of aromatic nitrogens is 2. The van der Waals surface area contributed by atoms with Crippen molar-refractivity contribution in [3.63, 3.8) is 0 Å². The van der Waals surface area contributed by atoms with E-state index >= 15 is 0 Å². The Hall–Kier alpha value is -2.25. The standard InChI is InChI=1S/C22H28N4O3/c27-22(16-4-5-19-17(12-16)24-9-11-28-19)26-10-7-20-18(14-26)25-21(29-20)6-3-15-2-1-8-23-13-15/h1-2,8,13,16-17,19,24H,3-7,9-12,14H2/t16-,17+,19+/m0/s1. The third-order valence-corrected chi connectivity index (χ3v) is 6.41. The molecular formula is C22H28N4O3. The lowest BCUT2D eigenvalue weighted by Gasteiger charge is -2.40. The van der Waals surface area contributed by atoms with Crippen molar-refractivity contribution in [2.24, 2.45) is 5.92 Å². The fraction of sp³-hybridized carbons (Fsp3) is 0.591. The fourth-order valence-electron chi connectivity index (χ4n) is 4.84. The third kappa shape index (κ3) is 4.07. The number of morpholine rings is 1. The first-order valence-corrected chi connectivity index (χ1v) is 10.8. The van der Waals surface area contributed by atoms with Gasteiger partial charge in [-0.15, -0.1) is 0 Å². The summed E-state index contributed by atoms with van der Waals surface area (Å²) >= 11 is 0. The summed E-state index contributed by atoms with van der Waals surface area (Å²) in [5.74, 6) is 2.06. The highest BCUT2D eigenvalue weighted by atomic mass is 16.5. The molecule has 1 aliphatic carbocycles. The van der Waals surface area contributed by atoms with Gasteiger partial charge in [0.25, 0.3) is 0 Å². The second-order valence-electron chi connectivity index (χ2n) is 8.33. The average Bonchev–Trinajstić information content (AvgIpc) is 3.20. The van der Waals surface area contributed by atoms with E-state index in [0.717, 1.165) is 75.6 Å². The molecule has 2 aromatic heterocycles. The van der Waals surface area contributed by atoms with E-state index < -0.39 is 0 Å². The summed E-state index contributed by atoms with van der Waals surface area (Å²) in [4.78, 5) is 24.0. The molecule has 0 bridgehead atoms. The average molecular weight is 396 g/mol. The Labute approximate surface area is 170 Å². The van der Waals surface area contributed by atoms with E-state index in [1.54, 1.807) is 6.20 Å². The summed E-state index contributed by atoms with van der Waals surface area (Å²) < 4.78 is 11.8. The van der Waals surface area contributed by atoms with E-state index in [9.17, 15) is 4.79 Å². The fourth-order valence-corrected chi connectivity index (χ4v) is 4.84. The molecule has 1 amide bonds. The minimum atomic E-state index is 0.0870. The maximum absolute atomic E-state index is 13.1. The predicted molar refractivity (Wildman–Crippen MR) is 106 cm³/mol. The van der Waals surface area contributed by atoms with Crippen LogP contribution in [0.3, 0.4) is 0 Å². The van der Waals surface area contributed by atoms with Crippen molar-refractivity contribution in [1.82, 2.24) is 20.2 Å². The van der Waals surface area contributed by atoms with E-state index in [-0.39, 0.29) is 17.9 Å². The Morgan fingerprint density at radius 2 is 2.28 bits per heavy atom. The first-order valence-electron chi connectivity index (χ1n) is 10.8. The molecule has 1 saturated heterocycles. The number of hydrogen-bond acceptors (Lipinski definition) is 6. The Bertz CT molecular complexity index is 853. The highest BCUT2D eigenvalue weighted by molar-refractivity contribution is 5.79. The van der Waals surface area contributed by atoms with Crippen LogP contribution < -0.4 is 5.32 Å². The molecule has 7 nitrogen and oxygen atoms in total. The summed E-state index contributed by atoms with van der Waals surface area (Å²) in [5.41, 5.74) is 2.11. The molecule has 0 aromatic carbocycles. The summed E-state index contributed by atoms with van der Waals surface area (Å²) in [6.45, 7) is 2.95. The Kier molecular flexibility index (Phi) is 5.33. The molecule has 3 aliphatic rings. The van der Waals surface area contributed by atoms with Crippen LogP contribution in [0.5, 0.6) is 0 Å². The number of pyridine rings is 1. The van der Waals surface area contributed by atoms with Gasteiger partial charge >= 0.3 is 0 Å². The predicted octanol–water partition coefficient (Wildman–Crippen LogP) is 1.90. The number of carbonyl (C=O) groups excluding carboxylic acids is 1. The van der Waals surface area contributed by atoms with Crippen LogP contribution in [0, 0.1) is 5.92 Å². The SMILES string of the molecule is O=C([C@H]1CC[C@H]2OCCN[C@@H]2C1)N1CCc2oc(CCc3cccnc3)nc2C1. The van der Waals surface area contributed by atoms with Crippen LogP contribution in [0.1, 0.15) is 42.2 Å². The van der Waals surface area contributed by atoms with Gasteiger partial charge in [-0.05, 0) is 37.3 Å². The third-order valence-electron chi connectivity index (χ3n) is 6.41. The second-order valence-corrected chi connectivity index (χ2v) is 8.33. The number of amides is 1. The second kappa shape index (κ2) is 8.24. The molecule has 4 heterocycles. The quantitative estimate of drug-likeness (QED) is 0.850. The smallest absolute Gasteiger partial charge is 0.226 e. The van der Waals surface area contributed by atoms with Gasteiger partial charge in [0.05, 0.1) is 19.3 Å². The number of ether oxygens (including phenoxy) is 1. The highest BCUT2D eigenvalue weighted by Crippen LogP contribution is 2.31. The van der Waals surface area contributed by atoms with Gasteiger partial charge < -0.3 is 19.4 Å². The molecule has 2 fully saturated rings. The van der Waals surface area contributed by atoms with Crippen LogP contribution in [0.25, 0.3) is 0 Å². The molecule has 29 heavy (non-hydrogen) atoms. The number of hydrogen-bond donors (Lipinski definition) is 1. The van der Waals surface area contributed by atoms with Crippen LogP contribution in [-0.2, 0) is 35.3 Å². The number of fused-ring (bicyclic) bond motifs is 2. The molecule has 0 spiro atoms. The van der Waals surface area contributed by atoms with Gasteiger partial charge in [-0.3, -0.25) is 9.78 Å². The van der Waals surface area contributed by atoms with Crippen molar-refractivity contribution >= 4 is 5.91 Å². The van der Waals surface area contributed by atoms with Gasteiger partial charge in [0, 0.05) is 50.3 Å². The van der Waals surface area contributed by atoms with E-state index in [0.29, 0.717) is 12.6 Å². The van der Waals surface area contributed by atoms with Gasteiger partial charge in [-0.1, -0.05) is 6.07 Å². The first kappa shape index (κ1) is 18.8. The van der Waals surface area contributed by atoms with Crippen LogP contribution in [0.4, 0.5) is 0 Å². The zero-order valence-corrected chi connectivity index (χ0v) is 16.7. The van der Waals surface area contributed by atoms with E-state index in [4.69, 9.17) is 14.1 Å². The normalized spacial score (nSPS) is 26.6. The van der Waals surface area contributed by atoms with E-state index in [2.05, 4.69) is 16.4 Å². The van der Waals surface area contributed by atoms with Crippen LogP contribution in [0.2, 0.25) is 0 Å². The Balaban J connectivity index is 1.19. The molecule has 7 heteroatoms. The molecule has 2 aromatic rings. The number of aryl methyl sites for hydroxylation is 2. The monoisotopic (exact) mass is 396 g/mol. The first-order chi connectivity index (χ1) is 14.3. The van der Waals surface area contributed by atoms with Crippen LogP contribution in [0.15, 0.2) is 28.9 Å². The topological polar surface area (TPSA) is 80.5 Å². The molecule has 0 unspecified atom stereocenters. The molecule has 1 N–H and O–H groups in total. The Morgan fingerprint density at radius 1 is 1.31 bits per heavy atom. The van der Waals surface area contributed by atoms with Gasteiger partial charge in [0.1, 0.15) is 11.5 Å². The Morgan fingerprint density at radius 3 is 3.17 bits per heavy atom. The lowest BCUT2D eigenvalue weighted by molar-refractivity contribution is -0.140. The van der Waals surface area contributed by atoms with Crippen LogP contribution >= 0.6 is 0 Å². The molecule has 2 aliphatic heterocycles. The number of nitrogens with one attached hydrogen (secondary N) is 1. The van der Waals surface area contributed by atoms with Crippen molar-refractivity contribution in [3.8, 4) is 0 Å². The van der Waals surface area contributed by atoms with Crippen molar-refractivity contribution in [3.05, 3.63) is 47.4 Å². The maximum atomic E-state index is 13.1. The van der Waals surface area contributed by atoms with Crippen molar-refractivity contribution in [2.75, 3.05) is 19.7 Å². The molecule has 3 atom stereocenters. The molecule has 5 rings (SSSR count). The van der Waals surface area contributed by atoms with Crippen molar-refractivity contribution in [2.45, 2.75) is 57.2 Å². The molecule has 154 valence electrons. The highest BCUT2D eigenvalue weighted by Gasteiger charge is 2.38. The summed E-state index contributed by atoms with van der Waals surface area (Å²) in [7, 11) is 0. The minimum Gasteiger partial charge on any atom is -0.445 e. The van der Waals surface area contributed by atoms with Gasteiger partial charge in [0.2, 0.25) is 5.91 Å². The lowest BCUT2D eigenvalue weighted by Crippen LogP contribution is -2.53. The summed E-state index contributed by atoms with van der Waals surface area (Å²) in [6, 6.07) is 4.33. The summed E-state index contributed by atoms with van der Waals surface area (Å²) in [5, 5.41) is 3.53. The molecular weight excluding hydrogens is 368 g/mol. The number of nitrogens with zero attached hydrogens (tertiary/aromatic N) is 3. The lowest BCUT2D eigenvalue weighted by atomic mass is 9.82. The number of rotatable bonds is 4. The van der Waals surface area contributed by atoms with Gasteiger partial charge in [-0.25, -0.2) is 4.98 Å². The van der Waals surface area contributed by atoms with Gasteiger partial charge in [0.15, 0.2) is 5.89 Å². The minimum absolute atomic E-state index is 0.0870. The van der Waals surface area contributed by atoms with E-state index in [1.165, 1.54) is 5.56 Å². The molecule has 0 radical (unpaired) electrons. The largest absolute Gasteiger partial charge is 0.445 e. The zero-order chi connectivity index (χ0) is 19.6. The zero-order valence-electron chi connectivity index (χ0n) is 16.7. The van der Waals surface area contributed by atoms with Crippen LogP contribution in [-0.4, -0.2) is 52.6 Å². The number of oxazole rings is 1.